The number of hydrogen-bond donors (Lipinski definition) is 0. The largest absolute Gasteiger partial charge is 0.490 e. The molecule has 1 aliphatic heterocycles. The lowest BCUT2D eigenvalue weighted by Crippen LogP contribution is -2.27. The first-order chi connectivity index (χ1) is 16.8. The van der Waals surface area contributed by atoms with E-state index in [2.05, 4.69) is 15.9 Å². The highest BCUT2D eigenvalue weighted by molar-refractivity contribution is 9.10. The number of halogens is 2. The van der Waals surface area contributed by atoms with Gasteiger partial charge in [0.05, 0.1) is 23.1 Å². The first-order valence-corrected chi connectivity index (χ1v) is 13.0. The number of carbonyl (C=O) groups excluding carboxylic acids is 2. The van der Waals surface area contributed by atoms with Crippen LogP contribution < -0.4 is 9.47 Å². The Morgan fingerprint density at radius 1 is 1.00 bits per heavy atom. The molecular weight excluding hydrogens is 550 g/mol. The third-order valence-electron chi connectivity index (χ3n) is 5.26. The third-order valence-corrected chi connectivity index (χ3v) is 6.98. The Balaban J connectivity index is 1.54. The number of carbonyl (C=O) groups is 2. The van der Waals surface area contributed by atoms with Crippen molar-refractivity contribution in [2.24, 2.45) is 0 Å². The number of amides is 2. The Kier molecular flexibility index (Phi) is 8.21. The van der Waals surface area contributed by atoms with Gasteiger partial charge in [-0.25, -0.2) is 0 Å². The summed E-state index contributed by atoms with van der Waals surface area (Å²) in [5.41, 5.74) is 3.70. The van der Waals surface area contributed by atoms with Crippen molar-refractivity contribution in [3.05, 3.63) is 97.3 Å². The molecule has 0 aromatic heterocycles. The van der Waals surface area contributed by atoms with Crippen molar-refractivity contribution < 1.29 is 19.1 Å². The van der Waals surface area contributed by atoms with Crippen LogP contribution in [0.4, 0.5) is 4.79 Å². The first kappa shape index (κ1) is 25.4. The predicted octanol–water partition coefficient (Wildman–Crippen LogP) is 7.63. The molecule has 0 atom stereocenters. The van der Waals surface area contributed by atoms with Crippen molar-refractivity contribution in [1.82, 2.24) is 4.90 Å². The maximum atomic E-state index is 13.0. The molecule has 0 bridgehead atoms. The van der Waals surface area contributed by atoms with Gasteiger partial charge < -0.3 is 9.47 Å². The maximum Gasteiger partial charge on any atom is 0.293 e. The molecule has 5 nitrogen and oxygen atoms in total. The summed E-state index contributed by atoms with van der Waals surface area (Å²) in [6.45, 7) is 4.88. The molecule has 0 N–H and O–H groups in total. The molecule has 0 saturated carbocycles. The minimum absolute atomic E-state index is 0.214. The van der Waals surface area contributed by atoms with Crippen molar-refractivity contribution in [2.75, 3.05) is 6.61 Å². The summed E-state index contributed by atoms with van der Waals surface area (Å²) >= 11 is 10.9. The van der Waals surface area contributed by atoms with Crippen LogP contribution in [0.2, 0.25) is 5.02 Å². The molecule has 1 fully saturated rings. The van der Waals surface area contributed by atoms with Gasteiger partial charge in [-0.2, -0.15) is 0 Å². The van der Waals surface area contributed by atoms with E-state index in [1.165, 1.54) is 10.5 Å². The second-order valence-electron chi connectivity index (χ2n) is 7.93. The average molecular weight is 573 g/mol. The van der Waals surface area contributed by atoms with Crippen LogP contribution in [0.25, 0.3) is 6.08 Å². The topological polar surface area (TPSA) is 55.8 Å². The van der Waals surface area contributed by atoms with Crippen LogP contribution in [0.5, 0.6) is 11.5 Å². The molecule has 35 heavy (non-hydrogen) atoms. The number of thioether (sulfide) groups is 1. The lowest BCUT2D eigenvalue weighted by Gasteiger charge is -2.15. The average Bonchev–Trinajstić information content (AvgIpc) is 3.08. The Bertz CT molecular complexity index is 1280. The summed E-state index contributed by atoms with van der Waals surface area (Å²) in [5, 5.41) is 0.0572. The van der Waals surface area contributed by atoms with E-state index in [1.807, 2.05) is 62.4 Å². The fourth-order valence-corrected chi connectivity index (χ4v) is 4.85. The van der Waals surface area contributed by atoms with Crippen LogP contribution in [0, 0.1) is 6.92 Å². The van der Waals surface area contributed by atoms with E-state index >= 15 is 0 Å². The summed E-state index contributed by atoms with van der Waals surface area (Å²) < 4.78 is 12.7. The molecule has 8 heteroatoms. The number of nitrogens with zero attached hydrogens (tertiary/aromatic N) is 1. The van der Waals surface area contributed by atoms with Gasteiger partial charge in [0, 0.05) is 4.47 Å². The van der Waals surface area contributed by atoms with E-state index in [0.717, 1.165) is 27.4 Å². The zero-order valence-electron chi connectivity index (χ0n) is 19.2. The third kappa shape index (κ3) is 6.28. The van der Waals surface area contributed by atoms with Gasteiger partial charge >= 0.3 is 0 Å². The standard InChI is InChI=1S/C27H23BrClNO4S/c1-3-33-23-13-20(12-22(29)25(23)34-16-19-6-4-17(2)5-7-19)14-24-26(31)30(27(32)35-24)15-18-8-10-21(28)11-9-18/h4-14H,3,15-16H2,1-2H3/b24-14-. The molecule has 2 amide bonds. The van der Waals surface area contributed by atoms with E-state index in [-0.39, 0.29) is 17.7 Å². The molecule has 3 aromatic rings. The fraction of sp³-hybridized carbons (Fsp3) is 0.185. The molecule has 0 radical (unpaired) electrons. The van der Waals surface area contributed by atoms with Crippen LogP contribution in [0.1, 0.15) is 29.2 Å². The number of imide groups is 1. The molecule has 0 aliphatic carbocycles. The van der Waals surface area contributed by atoms with Crippen LogP contribution in [0.3, 0.4) is 0 Å². The van der Waals surface area contributed by atoms with E-state index in [4.69, 9.17) is 21.1 Å². The summed E-state index contributed by atoms with van der Waals surface area (Å²) in [4.78, 5) is 27.1. The Hall–Kier alpha value is -2.74. The number of rotatable bonds is 8. The first-order valence-electron chi connectivity index (χ1n) is 11.0. The normalized spacial score (nSPS) is 14.6. The zero-order valence-corrected chi connectivity index (χ0v) is 22.4. The van der Waals surface area contributed by atoms with Gasteiger partial charge in [0.2, 0.25) is 0 Å². The van der Waals surface area contributed by atoms with Gasteiger partial charge in [-0.1, -0.05) is 69.5 Å². The van der Waals surface area contributed by atoms with Crippen LogP contribution in [0.15, 0.2) is 70.0 Å². The minimum Gasteiger partial charge on any atom is -0.490 e. The SMILES string of the molecule is CCOc1cc(/C=C2\SC(=O)N(Cc3ccc(Br)cc3)C2=O)cc(Cl)c1OCc1ccc(C)cc1. The number of hydrogen-bond acceptors (Lipinski definition) is 5. The molecular formula is C27H23BrClNO4S. The van der Waals surface area contributed by atoms with Gasteiger partial charge in [0.1, 0.15) is 6.61 Å². The highest BCUT2D eigenvalue weighted by Gasteiger charge is 2.35. The Labute approximate surface area is 222 Å². The van der Waals surface area contributed by atoms with Gasteiger partial charge in [-0.3, -0.25) is 14.5 Å². The molecule has 0 unspecified atom stereocenters. The van der Waals surface area contributed by atoms with E-state index in [0.29, 0.717) is 40.2 Å². The minimum atomic E-state index is -0.336. The molecule has 180 valence electrons. The quantitative estimate of drug-likeness (QED) is 0.260. The highest BCUT2D eigenvalue weighted by atomic mass is 79.9. The van der Waals surface area contributed by atoms with Gasteiger partial charge in [-0.15, -0.1) is 0 Å². The van der Waals surface area contributed by atoms with Gasteiger partial charge in [0.25, 0.3) is 11.1 Å². The molecule has 1 aliphatic rings. The van der Waals surface area contributed by atoms with Crippen molar-refractivity contribution in [3.63, 3.8) is 0 Å². The summed E-state index contributed by atoms with van der Waals surface area (Å²) in [6.07, 6.45) is 1.66. The number of benzene rings is 3. The number of ether oxygens (including phenoxy) is 2. The van der Waals surface area contributed by atoms with E-state index < -0.39 is 0 Å². The van der Waals surface area contributed by atoms with Crippen molar-refractivity contribution in [2.45, 2.75) is 27.0 Å². The summed E-state index contributed by atoms with van der Waals surface area (Å²) in [6, 6.07) is 19.0. The second-order valence-corrected chi connectivity index (χ2v) is 10.2. The zero-order chi connectivity index (χ0) is 24.9. The smallest absolute Gasteiger partial charge is 0.293 e. The number of aryl methyl sites for hydroxylation is 1. The van der Waals surface area contributed by atoms with Crippen LogP contribution in [-0.4, -0.2) is 22.7 Å². The Morgan fingerprint density at radius 3 is 2.37 bits per heavy atom. The molecule has 1 saturated heterocycles. The summed E-state index contributed by atoms with van der Waals surface area (Å²) in [7, 11) is 0. The fourth-order valence-electron chi connectivity index (χ4n) is 3.47. The summed E-state index contributed by atoms with van der Waals surface area (Å²) in [5.74, 6) is 0.582. The van der Waals surface area contributed by atoms with Crippen LogP contribution in [-0.2, 0) is 17.9 Å². The molecule has 0 spiro atoms. The molecule has 4 rings (SSSR count). The van der Waals surface area contributed by atoms with E-state index in [9.17, 15) is 9.59 Å². The Morgan fingerprint density at radius 2 is 1.69 bits per heavy atom. The lowest BCUT2D eigenvalue weighted by molar-refractivity contribution is -0.123. The van der Waals surface area contributed by atoms with Crippen molar-refractivity contribution in [3.8, 4) is 11.5 Å². The van der Waals surface area contributed by atoms with Crippen molar-refractivity contribution in [1.29, 1.82) is 0 Å². The van der Waals surface area contributed by atoms with Gasteiger partial charge in [-0.05, 0) is 72.6 Å². The van der Waals surface area contributed by atoms with Crippen molar-refractivity contribution >= 4 is 56.5 Å². The van der Waals surface area contributed by atoms with Crippen LogP contribution >= 0.6 is 39.3 Å². The lowest BCUT2D eigenvalue weighted by atomic mass is 10.1. The molecule has 1 heterocycles. The molecule has 3 aromatic carbocycles. The highest BCUT2D eigenvalue weighted by Crippen LogP contribution is 2.40. The van der Waals surface area contributed by atoms with E-state index in [1.54, 1.807) is 18.2 Å². The van der Waals surface area contributed by atoms with Gasteiger partial charge in [0.15, 0.2) is 11.5 Å². The second kappa shape index (κ2) is 11.3. The predicted molar refractivity (Wildman–Crippen MR) is 144 cm³/mol. The monoisotopic (exact) mass is 571 g/mol. The maximum absolute atomic E-state index is 13.0.